The van der Waals surface area contributed by atoms with Crippen LogP contribution in [0.5, 0.6) is 5.88 Å². The molecule has 34 heavy (non-hydrogen) atoms. The van der Waals surface area contributed by atoms with E-state index in [-0.39, 0.29) is 31.0 Å². The summed E-state index contributed by atoms with van der Waals surface area (Å²) in [7, 11) is 0. The number of halogens is 5. The molecule has 1 aromatic heterocycles. The van der Waals surface area contributed by atoms with Gasteiger partial charge >= 0.3 is 6.18 Å². The highest BCUT2D eigenvalue weighted by atomic mass is 19.4. The van der Waals surface area contributed by atoms with Crippen molar-refractivity contribution in [3.63, 3.8) is 0 Å². The first kappa shape index (κ1) is 22.9. The molecule has 5 nitrogen and oxygen atoms in total. The summed E-state index contributed by atoms with van der Waals surface area (Å²) in [6.07, 6.45) is -2.99. The van der Waals surface area contributed by atoms with Gasteiger partial charge < -0.3 is 14.5 Å². The van der Waals surface area contributed by atoms with Crippen LogP contribution in [0.2, 0.25) is 0 Å². The molecule has 2 aliphatic carbocycles. The maximum atomic E-state index is 14.0. The number of nitrogens with zero attached hydrogens (tertiary/aromatic N) is 3. The zero-order valence-corrected chi connectivity index (χ0v) is 18.3. The first-order valence-corrected chi connectivity index (χ1v) is 11.3. The van der Waals surface area contributed by atoms with E-state index in [0.717, 1.165) is 17.7 Å². The summed E-state index contributed by atoms with van der Waals surface area (Å²) in [4.78, 5) is 19.9. The van der Waals surface area contributed by atoms with Crippen LogP contribution in [-0.4, -0.2) is 53.1 Å². The molecule has 1 amide bonds. The maximum Gasteiger partial charge on any atom is 0.411 e. The fourth-order valence-corrected chi connectivity index (χ4v) is 4.21. The second-order valence-electron chi connectivity index (χ2n) is 9.39. The van der Waals surface area contributed by atoms with Crippen molar-refractivity contribution in [2.45, 2.75) is 49.9 Å². The van der Waals surface area contributed by atoms with Gasteiger partial charge in [-0.25, -0.2) is 13.8 Å². The molecule has 0 unspecified atom stereocenters. The lowest BCUT2D eigenvalue weighted by Crippen LogP contribution is -2.56. The predicted octanol–water partition coefficient (Wildman–Crippen LogP) is 5.06. The molecule has 1 saturated heterocycles. The van der Waals surface area contributed by atoms with Gasteiger partial charge in [0.05, 0.1) is 19.7 Å². The van der Waals surface area contributed by atoms with Crippen LogP contribution in [-0.2, 0) is 6.54 Å². The van der Waals surface area contributed by atoms with Crippen molar-refractivity contribution in [1.29, 1.82) is 0 Å². The fraction of sp³-hybridized carbons (Fsp3) is 0.500. The highest BCUT2D eigenvalue weighted by molar-refractivity contribution is 5.94. The van der Waals surface area contributed by atoms with E-state index in [1.54, 1.807) is 30.3 Å². The Morgan fingerprint density at radius 2 is 1.76 bits per heavy atom. The summed E-state index contributed by atoms with van der Waals surface area (Å²) in [5.74, 6) is -3.35. The molecule has 2 aromatic rings. The van der Waals surface area contributed by atoms with E-state index in [9.17, 15) is 26.7 Å². The number of hydrogen-bond donors (Lipinski definition) is 0. The molecule has 0 radical (unpaired) electrons. The number of pyridine rings is 1. The lowest BCUT2D eigenvalue weighted by molar-refractivity contribution is -0.190. The molecule has 182 valence electrons. The SMILES string of the molecule is O=C(c1ccc(N2CC(F)(F)C2)c(OCC2CC2)n1)N(Cc1ccccc1)C1(C(F)(F)F)CC1. The van der Waals surface area contributed by atoms with E-state index in [1.165, 1.54) is 17.0 Å². The van der Waals surface area contributed by atoms with Gasteiger partial charge in [-0.2, -0.15) is 13.2 Å². The Balaban J connectivity index is 1.46. The Hall–Kier alpha value is -2.91. The zero-order chi connectivity index (χ0) is 24.1. The first-order valence-electron chi connectivity index (χ1n) is 11.3. The molecule has 2 heterocycles. The number of carbonyl (C=O) groups is 1. The number of anilines is 1. The molecule has 10 heteroatoms. The minimum absolute atomic E-state index is 0.00441. The third-order valence-corrected chi connectivity index (χ3v) is 6.59. The van der Waals surface area contributed by atoms with Crippen molar-refractivity contribution < 1.29 is 31.5 Å². The average Bonchev–Trinajstić information content (AvgIpc) is 3.68. The van der Waals surface area contributed by atoms with Gasteiger partial charge in [-0.1, -0.05) is 30.3 Å². The standard InChI is InChI=1S/C24H24F5N3O2/c25-23(26)14-31(15-23)19-9-8-18(30-20(19)34-13-17-6-7-17)21(33)32(12-16-4-2-1-3-5-16)22(10-11-22)24(27,28)29/h1-5,8-9,17H,6-7,10-15H2. The van der Waals surface area contributed by atoms with Gasteiger partial charge in [0.25, 0.3) is 11.8 Å². The van der Waals surface area contributed by atoms with Crippen molar-refractivity contribution >= 4 is 11.6 Å². The Kier molecular flexibility index (Phi) is 5.44. The first-order chi connectivity index (χ1) is 16.1. The number of hydrogen-bond acceptors (Lipinski definition) is 4. The largest absolute Gasteiger partial charge is 0.476 e. The Bertz CT molecular complexity index is 1060. The molecular formula is C24H24F5N3O2. The second kappa shape index (κ2) is 8.09. The lowest BCUT2D eigenvalue weighted by atomic mass is 10.1. The summed E-state index contributed by atoms with van der Waals surface area (Å²) < 4.78 is 74.6. The Morgan fingerprint density at radius 3 is 2.32 bits per heavy atom. The molecule has 0 N–H and O–H groups in total. The summed E-state index contributed by atoms with van der Waals surface area (Å²) in [6.45, 7) is -0.903. The smallest absolute Gasteiger partial charge is 0.411 e. The highest BCUT2D eigenvalue weighted by Crippen LogP contribution is 2.54. The van der Waals surface area contributed by atoms with Crippen LogP contribution in [0.15, 0.2) is 42.5 Å². The summed E-state index contributed by atoms with van der Waals surface area (Å²) in [5, 5.41) is 0. The quantitative estimate of drug-likeness (QED) is 0.495. The Labute approximate surface area is 193 Å². The predicted molar refractivity (Wildman–Crippen MR) is 114 cm³/mol. The minimum Gasteiger partial charge on any atom is -0.476 e. The number of benzene rings is 1. The zero-order valence-electron chi connectivity index (χ0n) is 18.3. The van der Waals surface area contributed by atoms with Gasteiger partial charge in [0, 0.05) is 6.54 Å². The number of ether oxygens (including phenoxy) is 1. The molecule has 3 fully saturated rings. The molecule has 3 aliphatic rings. The minimum atomic E-state index is -4.59. The van der Waals surface area contributed by atoms with Crippen molar-refractivity contribution in [3.8, 4) is 5.88 Å². The lowest BCUT2D eigenvalue weighted by Gasteiger charge is -2.40. The topological polar surface area (TPSA) is 45.7 Å². The number of carbonyl (C=O) groups excluding carboxylic acids is 1. The third-order valence-electron chi connectivity index (χ3n) is 6.59. The second-order valence-corrected chi connectivity index (χ2v) is 9.39. The highest BCUT2D eigenvalue weighted by Gasteiger charge is 2.68. The number of rotatable bonds is 8. The molecular weight excluding hydrogens is 457 g/mol. The number of alkyl halides is 5. The van der Waals surface area contributed by atoms with Crippen molar-refractivity contribution in [2.24, 2.45) is 5.92 Å². The number of aromatic nitrogens is 1. The summed E-state index contributed by atoms with van der Waals surface area (Å²) >= 11 is 0. The molecule has 0 atom stereocenters. The van der Waals surface area contributed by atoms with E-state index in [2.05, 4.69) is 4.98 Å². The molecule has 2 saturated carbocycles. The summed E-state index contributed by atoms with van der Waals surface area (Å²) in [6, 6.07) is 11.2. The van der Waals surface area contributed by atoms with Crippen molar-refractivity contribution in [2.75, 3.05) is 24.6 Å². The van der Waals surface area contributed by atoms with Gasteiger partial charge in [-0.15, -0.1) is 0 Å². The van der Waals surface area contributed by atoms with Crippen LogP contribution in [0, 0.1) is 5.92 Å². The van der Waals surface area contributed by atoms with Gasteiger partial charge in [0.1, 0.15) is 16.9 Å². The third kappa shape index (κ3) is 4.42. The Morgan fingerprint density at radius 1 is 1.09 bits per heavy atom. The van der Waals surface area contributed by atoms with Crippen LogP contribution >= 0.6 is 0 Å². The molecule has 5 rings (SSSR count). The number of amides is 1. The van der Waals surface area contributed by atoms with Gasteiger partial charge in [0.2, 0.25) is 5.88 Å². The van der Waals surface area contributed by atoms with E-state index < -0.39 is 36.6 Å². The average molecular weight is 481 g/mol. The molecule has 0 spiro atoms. The van der Waals surface area contributed by atoms with E-state index in [0.29, 0.717) is 23.8 Å². The molecule has 1 aliphatic heterocycles. The van der Waals surface area contributed by atoms with Crippen LogP contribution in [0.3, 0.4) is 0 Å². The van der Waals surface area contributed by atoms with Crippen LogP contribution < -0.4 is 9.64 Å². The van der Waals surface area contributed by atoms with Gasteiger partial charge in [-0.3, -0.25) is 4.79 Å². The van der Waals surface area contributed by atoms with Crippen molar-refractivity contribution in [1.82, 2.24) is 9.88 Å². The van der Waals surface area contributed by atoms with Crippen LogP contribution in [0.4, 0.5) is 27.6 Å². The normalized spacial score (nSPS) is 20.4. The van der Waals surface area contributed by atoms with Crippen LogP contribution in [0.25, 0.3) is 0 Å². The summed E-state index contributed by atoms with van der Waals surface area (Å²) in [5.41, 5.74) is -1.56. The molecule has 0 bridgehead atoms. The van der Waals surface area contributed by atoms with E-state index in [4.69, 9.17) is 4.74 Å². The van der Waals surface area contributed by atoms with Crippen molar-refractivity contribution in [3.05, 3.63) is 53.7 Å². The van der Waals surface area contributed by atoms with Gasteiger partial charge in [0.15, 0.2) is 0 Å². The van der Waals surface area contributed by atoms with Crippen LogP contribution in [0.1, 0.15) is 41.7 Å². The molecule has 1 aromatic carbocycles. The van der Waals surface area contributed by atoms with E-state index >= 15 is 0 Å². The maximum absolute atomic E-state index is 14.0. The van der Waals surface area contributed by atoms with E-state index in [1.807, 2.05) is 0 Å². The van der Waals surface area contributed by atoms with Gasteiger partial charge in [-0.05, 0) is 49.3 Å². The monoisotopic (exact) mass is 481 g/mol. The fourth-order valence-electron chi connectivity index (χ4n) is 4.21.